The molecule has 1 aromatic rings. The van der Waals surface area contributed by atoms with Crippen molar-refractivity contribution in [1.82, 2.24) is 0 Å². The molecule has 0 aromatic heterocycles. The van der Waals surface area contributed by atoms with Crippen LogP contribution in [0.2, 0.25) is 0 Å². The minimum Gasteiger partial charge on any atom is -0.497 e. The van der Waals surface area contributed by atoms with Gasteiger partial charge >= 0.3 is 0 Å². The van der Waals surface area contributed by atoms with Crippen LogP contribution in [0.3, 0.4) is 0 Å². The Hall–Kier alpha value is -1.64. The first-order valence-electron chi connectivity index (χ1n) is 5.24. The second-order valence-electron chi connectivity index (χ2n) is 3.97. The smallest absolute Gasteiger partial charge is 0.203 e. The molecule has 0 atom stereocenters. The standard InChI is InChI=1S/C13H16O3/c1-9(2)13(15)12(14)8-10-5-4-6-11(7-10)16-3/h4-7,9H,8H2,1-3H3. The normalized spacial score (nSPS) is 10.2. The van der Waals surface area contributed by atoms with Gasteiger partial charge < -0.3 is 4.74 Å². The summed E-state index contributed by atoms with van der Waals surface area (Å²) < 4.78 is 5.05. The van der Waals surface area contributed by atoms with E-state index in [2.05, 4.69) is 0 Å². The lowest BCUT2D eigenvalue weighted by Gasteiger charge is -2.05. The minimum absolute atomic E-state index is 0.147. The van der Waals surface area contributed by atoms with Crippen molar-refractivity contribution < 1.29 is 14.3 Å². The highest BCUT2D eigenvalue weighted by atomic mass is 16.5. The third kappa shape index (κ3) is 3.19. The monoisotopic (exact) mass is 220 g/mol. The summed E-state index contributed by atoms with van der Waals surface area (Å²) >= 11 is 0. The first-order chi connectivity index (χ1) is 7.54. The Balaban J connectivity index is 2.73. The molecule has 16 heavy (non-hydrogen) atoms. The van der Waals surface area contributed by atoms with Gasteiger partial charge in [0.25, 0.3) is 0 Å². The van der Waals surface area contributed by atoms with Gasteiger partial charge in [-0.3, -0.25) is 9.59 Å². The number of carbonyl (C=O) groups excluding carboxylic acids is 2. The minimum atomic E-state index is -0.344. The van der Waals surface area contributed by atoms with E-state index in [0.29, 0.717) is 5.75 Å². The number of ketones is 2. The van der Waals surface area contributed by atoms with Crippen LogP contribution in [0.4, 0.5) is 0 Å². The summed E-state index contributed by atoms with van der Waals surface area (Å²) in [7, 11) is 1.57. The molecule has 0 heterocycles. The van der Waals surface area contributed by atoms with Gasteiger partial charge in [0.05, 0.1) is 7.11 Å². The van der Waals surface area contributed by atoms with Crippen molar-refractivity contribution in [3.8, 4) is 5.75 Å². The van der Waals surface area contributed by atoms with Gasteiger partial charge in [0, 0.05) is 12.3 Å². The van der Waals surface area contributed by atoms with Crippen LogP contribution in [0.5, 0.6) is 5.75 Å². The second kappa shape index (κ2) is 5.45. The van der Waals surface area contributed by atoms with Crippen LogP contribution in [-0.2, 0) is 16.0 Å². The highest BCUT2D eigenvalue weighted by Gasteiger charge is 2.17. The Morgan fingerprint density at radius 1 is 1.31 bits per heavy atom. The fraction of sp³-hybridized carbons (Fsp3) is 0.385. The van der Waals surface area contributed by atoms with Gasteiger partial charge in [-0.25, -0.2) is 0 Å². The number of hydrogen-bond donors (Lipinski definition) is 0. The zero-order valence-electron chi connectivity index (χ0n) is 9.82. The molecule has 0 N–H and O–H groups in total. The van der Waals surface area contributed by atoms with Crippen molar-refractivity contribution >= 4 is 11.6 Å². The summed E-state index contributed by atoms with van der Waals surface area (Å²) in [4.78, 5) is 23.0. The summed E-state index contributed by atoms with van der Waals surface area (Å²) in [6.07, 6.45) is 0.147. The number of hydrogen-bond acceptors (Lipinski definition) is 3. The van der Waals surface area contributed by atoms with Crippen molar-refractivity contribution in [3.63, 3.8) is 0 Å². The average Bonchev–Trinajstić information content (AvgIpc) is 2.28. The van der Waals surface area contributed by atoms with Crippen LogP contribution in [-0.4, -0.2) is 18.7 Å². The molecule has 3 nitrogen and oxygen atoms in total. The zero-order valence-corrected chi connectivity index (χ0v) is 9.82. The third-order valence-corrected chi connectivity index (χ3v) is 2.30. The van der Waals surface area contributed by atoms with Gasteiger partial charge in [-0.05, 0) is 17.7 Å². The van der Waals surface area contributed by atoms with E-state index in [1.165, 1.54) is 0 Å². The number of methoxy groups -OCH3 is 1. The summed E-state index contributed by atoms with van der Waals surface area (Å²) in [6, 6.07) is 7.19. The van der Waals surface area contributed by atoms with Crippen molar-refractivity contribution in [2.45, 2.75) is 20.3 Å². The lowest BCUT2D eigenvalue weighted by molar-refractivity contribution is -0.138. The van der Waals surface area contributed by atoms with E-state index in [9.17, 15) is 9.59 Å². The van der Waals surface area contributed by atoms with Gasteiger partial charge in [0.2, 0.25) is 11.6 Å². The Morgan fingerprint density at radius 3 is 2.56 bits per heavy atom. The van der Waals surface area contributed by atoms with Crippen molar-refractivity contribution in [3.05, 3.63) is 29.8 Å². The molecule has 0 radical (unpaired) electrons. The second-order valence-corrected chi connectivity index (χ2v) is 3.97. The molecule has 0 saturated carbocycles. The van der Waals surface area contributed by atoms with E-state index in [1.54, 1.807) is 39.2 Å². The van der Waals surface area contributed by atoms with E-state index < -0.39 is 0 Å². The Kier molecular flexibility index (Phi) is 4.23. The average molecular weight is 220 g/mol. The van der Waals surface area contributed by atoms with Crippen LogP contribution in [0.25, 0.3) is 0 Å². The molecule has 0 aliphatic rings. The Labute approximate surface area is 95.4 Å². The summed E-state index contributed by atoms with van der Waals surface area (Å²) in [5.74, 6) is -0.202. The third-order valence-electron chi connectivity index (χ3n) is 2.30. The van der Waals surface area contributed by atoms with Gasteiger partial charge in [-0.2, -0.15) is 0 Å². The SMILES string of the molecule is COc1cccc(CC(=O)C(=O)C(C)C)c1. The molecule has 0 bridgehead atoms. The lowest BCUT2D eigenvalue weighted by Crippen LogP contribution is -2.21. The Morgan fingerprint density at radius 2 is 2.00 bits per heavy atom. The van der Waals surface area contributed by atoms with Gasteiger partial charge in [-0.1, -0.05) is 26.0 Å². The topological polar surface area (TPSA) is 43.4 Å². The van der Waals surface area contributed by atoms with E-state index in [4.69, 9.17) is 4.74 Å². The maximum absolute atomic E-state index is 11.6. The van der Waals surface area contributed by atoms with Gasteiger partial charge in [0.15, 0.2) is 0 Å². The molecular weight excluding hydrogens is 204 g/mol. The van der Waals surface area contributed by atoms with Crippen molar-refractivity contribution in [2.24, 2.45) is 5.92 Å². The van der Waals surface area contributed by atoms with Gasteiger partial charge in [-0.15, -0.1) is 0 Å². The fourth-order valence-corrected chi connectivity index (χ4v) is 1.38. The first-order valence-corrected chi connectivity index (χ1v) is 5.24. The lowest BCUT2D eigenvalue weighted by atomic mass is 10.00. The predicted octanol–water partition coefficient (Wildman–Crippen LogP) is 2.03. The highest BCUT2D eigenvalue weighted by molar-refractivity contribution is 6.38. The van der Waals surface area contributed by atoms with Gasteiger partial charge in [0.1, 0.15) is 5.75 Å². The van der Waals surface area contributed by atoms with Crippen LogP contribution in [0.15, 0.2) is 24.3 Å². The quantitative estimate of drug-likeness (QED) is 0.713. The van der Waals surface area contributed by atoms with E-state index >= 15 is 0 Å². The molecule has 0 aliphatic carbocycles. The highest BCUT2D eigenvalue weighted by Crippen LogP contribution is 2.13. The van der Waals surface area contributed by atoms with E-state index in [1.807, 2.05) is 6.07 Å². The molecule has 3 heteroatoms. The van der Waals surface area contributed by atoms with E-state index in [-0.39, 0.29) is 23.9 Å². The van der Waals surface area contributed by atoms with Crippen LogP contribution in [0.1, 0.15) is 19.4 Å². The molecular formula is C13H16O3. The van der Waals surface area contributed by atoms with Crippen molar-refractivity contribution in [1.29, 1.82) is 0 Å². The number of benzene rings is 1. The van der Waals surface area contributed by atoms with Crippen LogP contribution in [0, 0.1) is 5.92 Å². The van der Waals surface area contributed by atoms with Crippen LogP contribution < -0.4 is 4.74 Å². The van der Waals surface area contributed by atoms with Crippen molar-refractivity contribution in [2.75, 3.05) is 7.11 Å². The summed E-state index contributed by atoms with van der Waals surface area (Å²) in [5, 5.41) is 0. The summed E-state index contributed by atoms with van der Waals surface area (Å²) in [6.45, 7) is 3.46. The maximum atomic E-state index is 11.6. The molecule has 0 amide bonds. The first kappa shape index (κ1) is 12.4. The number of rotatable bonds is 5. The molecule has 0 fully saturated rings. The van der Waals surface area contributed by atoms with Crippen LogP contribution >= 0.6 is 0 Å². The maximum Gasteiger partial charge on any atom is 0.203 e. The molecule has 0 saturated heterocycles. The largest absolute Gasteiger partial charge is 0.497 e. The molecule has 86 valence electrons. The zero-order chi connectivity index (χ0) is 12.1. The molecule has 0 aliphatic heterocycles. The molecule has 0 unspecified atom stereocenters. The predicted molar refractivity (Wildman–Crippen MR) is 61.6 cm³/mol. The fourth-order valence-electron chi connectivity index (χ4n) is 1.38. The number of Topliss-reactive ketones (excluding diaryl/α,β-unsaturated/α-hetero) is 2. The van der Waals surface area contributed by atoms with E-state index in [0.717, 1.165) is 5.56 Å². The number of carbonyl (C=O) groups is 2. The number of ether oxygens (including phenoxy) is 1. The molecule has 1 aromatic carbocycles. The Bertz CT molecular complexity index is 394. The summed E-state index contributed by atoms with van der Waals surface area (Å²) in [5.41, 5.74) is 0.804. The molecule has 0 spiro atoms. The molecule has 1 rings (SSSR count).